The molecule has 0 saturated heterocycles. The maximum atomic E-state index is 5.75. The van der Waals surface area contributed by atoms with Gasteiger partial charge in [-0.05, 0) is 47.7 Å². The van der Waals surface area contributed by atoms with Crippen molar-refractivity contribution in [1.82, 2.24) is 4.90 Å². The minimum atomic E-state index is 0.323. The standard InChI is InChI=1S/C22H25NO4/c1-4-14-15-5-6-18(24-2)22(25-3)17(15)11-23-8-7-13-9-19-20(27-12-26-19)10-16(13)21(14)23/h5-6,9-10,14,21H,4,7-8,11-12H2,1-3H3/t14-,21+/m0/s1. The Hall–Kier alpha value is -2.40. The van der Waals surface area contributed by atoms with Gasteiger partial charge in [-0.25, -0.2) is 0 Å². The van der Waals surface area contributed by atoms with Crippen molar-refractivity contribution in [1.29, 1.82) is 0 Å². The van der Waals surface area contributed by atoms with Gasteiger partial charge in [-0.3, -0.25) is 4.90 Å². The fraction of sp³-hybridized carbons (Fsp3) is 0.455. The van der Waals surface area contributed by atoms with Gasteiger partial charge < -0.3 is 18.9 Å². The lowest BCUT2D eigenvalue weighted by atomic mass is 9.75. The van der Waals surface area contributed by atoms with Gasteiger partial charge >= 0.3 is 0 Å². The molecule has 0 aromatic heterocycles. The monoisotopic (exact) mass is 367 g/mol. The van der Waals surface area contributed by atoms with Gasteiger partial charge in [0, 0.05) is 30.6 Å². The Morgan fingerprint density at radius 3 is 2.63 bits per heavy atom. The molecule has 27 heavy (non-hydrogen) atoms. The fourth-order valence-electron chi connectivity index (χ4n) is 5.07. The smallest absolute Gasteiger partial charge is 0.231 e. The van der Waals surface area contributed by atoms with E-state index in [-0.39, 0.29) is 0 Å². The second kappa shape index (κ2) is 6.34. The average Bonchev–Trinajstić information content (AvgIpc) is 3.16. The summed E-state index contributed by atoms with van der Waals surface area (Å²) in [5, 5.41) is 0. The van der Waals surface area contributed by atoms with Crippen molar-refractivity contribution in [2.24, 2.45) is 0 Å². The second-order valence-corrected chi connectivity index (χ2v) is 7.45. The van der Waals surface area contributed by atoms with E-state index in [0.29, 0.717) is 18.8 Å². The number of fused-ring (bicyclic) bond motifs is 5. The third kappa shape index (κ3) is 2.41. The predicted molar refractivity (Wildman–Crippen MR) is 102 cm³/mol. The molecule has 0 aliphatic carbocycles. The summed E-state index contributed by atoms with van der Waals surface area (Å²) in [5.41, 5.74) is 5.42. The Labute approximate surface area is 159 Å². The van der Waals surface area contributed by atoms with Crippen molar-refractivity contribution in [3.05, 3.63) is 46.5 Å². The predicted octanol–water partition coefficient (Wildman–Crippen LogP) is 4.04. The topological polar surface area (TPSA) is 40.2 Å². The molecule has 2 aromatic rings. The van der Waals surface area contributed by atoms with Crippen LogP contribution in [0.5, 0.6) is 23.0 Å². The van der Waals surface area contributed by atoms with Crippen molar-refractivity contribution >= 4 is 0 Å². The van der Waals surface area contributed by atoms with Gasteiger partial charge in [0.15, 0.2) is 23.0 Å². The minimum Gasteiger partial charge on any atom is -0.493 e. The van der Waals surface area contributed by atoms with Crippen LogP contribution in [0.15, 0.2) is 24.3 Å². The first-order chi connectivity index (χ1) is 13.2. The molecule has 0 amide bonds. The zero-order valence-corrected chi connectivity index (χ0v) is 16.1. The number of methoxy groups -OCH3 is 2. The first kappa shape index (κ1) is 16.8. The first-order valence-corrected chi connectivity index (χ1v) is 9.65. The molecule has 0 saturated carbocycles. The third-order valence-corrected chi connectivity index (χ3v) is 6.28. The van der Waals surface area contributed by atoms with Crippen molar-refractivity contribution in [3.8, 4) is 23.0 Å². The Bertz CT molecular complexity index is 894. The highest BCUT2D eigenvalue weighted by molar-refractivity contribution is 5.56. The van der Waals surface area contributed by atoms with Crippen LogP contribution in [0.1, 0.15) is 47.6 Å². The van der Waals surface area contributed by atoms with Crippen LogP contribution in [0.2, 0.25) is 0 Å². The summed E-state index contributed by atoms with van der Waals surface area (Å²) in [4.78, 5) is 2.59. The van der Waals surface area contributed by atoms with Gasteiger partial charge in [-0.1, -0.05) is 13.0 Å². The Balaban J connectivity index is 1.65. The number of rotatable bonds is 3. The molecule has 2 atom stereocenters. The van der Waals surface area contributed by atoms with Gasteiger partial charge in [0.1, 0.15) is 0 Å². The largest absolute Gasteiger partial charge is 0.493 e. The fourth-order valence-corrected chi connectivity index (χ4v) is 5.07. The summed E-state index contributed by atoms with van der Waals surface area (Å²) in [7, 11) is 3.43. The quantitative estimate of drug-likeness (QED) is 0.819. The summed E-state index contributed by atoms with van der Waals surface area (Å²) < 4.78 is 22.6. The summed E-state index contributed by atoms with van der Waals surface area (Å²) in [6.45, 7) is 4.51. The molecular weight excluding hydrogens is 342 g/mol. The Morgan fingerprint density at radius 2 is 1.89 bits per heavy atom. The van der Waals surface area contributed by atoms with Gasteiger partial charge in [0.2, 0.25) is 6.79 Å². The first-order valence-electron chi connectivity index (χ1n) is 9.65. The van der Waals surface area contributed by atoms with Crippen molar-refractivity contribution < 1.29 is 18.9 Å². The number of ether oxygens (including phenoxy) is 4. The molecule has 0 spiro atoms. The van der Waals surface area contributed by atoms with Gasteiger partial charge in [-0.15, -0.1) is 0 Å². The van der Waals surface area contributed by atoms with E-state index in [1.54, 1.807) is 14.2 Å². The van der Waals surface area contributed by atoms with Gasteiger partial charge in [0.25, 0.3) is 0 Å². The zero-order valence-electron chi connectivity index (χ0n) is 16.1. The van der Waals surface area contributed by atoms with E-state index < -0.39 is 0 Å². The molecule has 3 aliphatic heterocycles. The minimum absolute atomic E-state index is 0.323. The zero-order chi connectivity index (χ0) is 18.5. The second-order valence-electron chi connectivity index (χ2n) is 7.45. The number of hydrogen-bond acceptors (Lipinski definition) is 5. The van der Waals surface area contributed by atoms with E-state index in [4.69, 9.17) is 18.9 Å². The molecule has 142 valence electrons. The lowest BCUT2D eigenvalue weighted by Gasteiger charge is -2.46. The molecule has 5 rings (SSSR count). The lowest BCUT2D eigenvalue weighted by Crippen LogP contribution is -2.41. The van der Waals surface area contributed by atoms with E-state index in [2.05, 4.69) is 30.0 Å². The highest BCUT2D eigenvalue weighted by Crippen LogP contribution is 2.52. The Morgan fingerprint density at radius 1 is 1.07 bits per heavy atom. The molecule has 5 nitrogen and oxygen atoms in total. The molecule has 2 aromatic carbocycles. The molecule has 0 bridgehead atoms. The van der Waals surface area contributed by atoms with E-state index in [0.717, 1.165) is 48.9 Å². The lowest BCUT2D eigenvalue weighted by molar-refractivity contribution is 0.129. The average molecular weight is 367 g/mol. The van der Waals surface area contributed by atoms with Crippen LogP contribution >= 0.6 is 0 Å². The van der Waals surface area contributed by atoms with Crippen LogP contribution in [0, 0.1) is 0 Å². The van der Waals surface area contributed by atoms with Gasteiger partial charge in [0.05, 0.1) is 14.2 Å². The highest BCUT2D eigenvalue weighted by atomic mass is 16.7. The number of hydrogen-bond donors (Lipinski definition) is 0. The van der Waals surface area contributed by atoms with E-state index in [9.17, 15) is 0 Å². The SMILES string of the molecule is CC[C@H]1c2ccc(OC)c(OC)c2CN2CCc3cc4c(cc3[C@@H]12)OCO4. The van der Waals surface area contributed by atoms with Crippen molar-refractivity contribution in [3.63, 3.8) is 0 Å². The summed E-state index contributed by atoms with van der Waals surface area (Å²) in [6.07, 6.45) is 2.10. The molecule has 5 heteroatoms. The van der Waals surface area contributed by atoms with Crippen molar-refractivity contribution in [2.75, 3.05) is 27.6 Å². The van der Waals surface area contributed by atoms with Crippen LogP contribution < -0.4 is 18.9 Å². The normalized spacial score (nSPS) is 22.6. The molecule has 3 aliphatic rings. The van der Waals surface area contributed by atoms with E-state index in [1.165, 1.54) is 22.3 Å². The number of nitrogens with zero attached hydrogens (tertiary/aromatic N) is 1. The maximum absolute atomic E-state index is 5.75. The van der Waals surface area contributed by atoms with Crippen LogP contribution in [0.3, 0.4) is 0 Å². The van der Waals surface area contributed by atoms with E-state index >= 15 is 0 Å². The molecule has 0 radical (unpaired) electrons. The molecule has 0 N–H and O–H groups in total. The third-order valence-electron chi connectivity index (χ3n) is 6.28. The van der Waals surface area contributed by atoms with E-state index in [1.807, 2.05) is 6.07 Å². The molecule has 0 unspecified atom stereocenters. The summed E-state index contributed by atoms with van der Waals surface area (Å²) in [6, 6.07) is 9.02. The molecule has 3 heterocycles. The van der Waals surface area contributed by atoms with Crippen LogP contribution in [0.25, 0.3) is 0 Å². The molecular formula is C22H25NO4. The summed E-state index contributed by atoms with van der Waals surface area (Å²) >= 11 is 0. The number of benzene rings is 2. The van der Waals surface area contributed by atoms with Crippen LogP contribution in [-0.2, 0) is 13.0 Å². The highest BCUT2D eigenvalue weighted by Gasteiger charge is 2.40. The molecule has 0 fully saturated rings. The summed E-state index contributed by atoms with van der Waals surface area (Å²) in [5.74, 6) is 3.86. The Kier molecular flexibility index (Phi) is 3.93. The van der Waals surface area contributed by atoms with Gasteiger partial charge in [-0.2, -0.15) is 0 Å². The maximum Gasteiger partial charge on any atom is 0.231 e. The van der Waals surface area contributed by atoms with Crippen molar-refractivity contribution in [2.45, 2.75) is 38.3 Å². The van der Waals surface area contributed by atoms with Crippen LogP contribution in [-0.4, -0.2) is 32.5 Å². The van der Waals surface area contributed by atoms with Crippen LogP contribution in [0.4, 0.5) is 0 Å².